The zero-order valence-corrected chi connectivity index (χ0v) is 16.8. The molecule has 1 aliphatic rings. The number of ether oxygens (including phenoxy) is 2. The molecule has 0 saturated carbocycles. The summed E-state index contributed by atoms with van der Waals surface area (Å²) < 4.78 is 11.0. The van der Waals surface area contributed by atoms with Crippen LogP contribution in [0.15, 0.2) is 65.9 Å². The summed E-state index contributed by atoms with van der Waals surface area (Å²) in [4.78, 5) is 26.7. The maximum Gasteiger partial charge on any atom is 0.338 e. The summed E-state index contributed by atoms with van der Waals surface area (Å²) in [6.45, 7) is 2.03. The summed E-state index contributed by atoms with van der Waals surface area (Å²) in [7, 11) is 3.90. The van der Waals surface area contributed by atoms with Crippen molar-refractivity contribution in [2.75, 3.05) is 32.2 Å². The van der Waals surface area contributed by atoms with E-state index in [-0.39, 0.29) is 19.2 Å². The molecule has 1 atom stereocenters. The minimum atomic E-state index is -0.581. The first kappa shape index (κ1) is 20.3. The number of esters is 1. The Balaban J connectivity index is 1.69. The highest BCUT2D eigenvalue weighted by Gasteiger charge is 2.32. The standard InChI is InChI=1S/C22H25N3O4/c1-15-19(21(26)29-14-13-28-18-7-5-4-6-8-18)20(24-22(27)23-15)16-9-11-17(12-10-16)25(2)3/h4-12,20H,13-14H2,1-3H3,(H2,23,24,27)/t20-/m1/s1. The van der Waals surface area contributed by atoms with Gasteiger partial charge in [0.2, 0.25) is 0 Å². The van der Waals surface area contributed by atoms with Crippen LogP contribution < -0.4 is 20.3 Å². The largest absolute Gasteiger partial charge is 0.490 e. The number of nitrogens with one attached hydrogen (secondary N) is 2. The number of benzene rings is 2. The Morgan fingerprint density at radius 2 is 1.72 bits per heavy atom. The summed E-state index contributed by atoms with van der Waals surface area (Å²) in [5, 5.41) is 5.45. The minimum Gasteiger partial charge on any atom is -0.490 e. The van der Waals surface area contributed by atoms with Crippen LogP contribution in [0, 0.1) is 0 Å². The number of hydrogen-bond acceptors (Lipinski definition) is 5. The molecular formula is C22H25N3O4. The van der Waals surface area contributed by atoms with Crippen molar-refractivity contribution >= 4 is 17.7 Å². The normalized spacial score (nSPS) is 16.0. The van der Waals surface area contributed by atoms with Crippen molar-refractivity contribution in [2.45, 2.75) is 13.0 Å². The average Bonchev–Trinajstić information content (AvgIpc) is 2.71. The first-order valence-corrected chi connectivity index (χ1v) is 9.36. The van der Waals surface area contributed by atoms with Crippen LogP contribution in [-0.4, -0.2) is 39.3 Å². The van der Waals surface area contributed by atoms with Crippen LogP contribution in [0.1, 0.15) is 18.5 Å². The molecule has 0 radical (unpaired) electrons. The van der Waals surface area contributed by atoms with E-state index in [9.17, 15) is 9.59 Å². The number of anilines is 1. The molecule has 1 heterocycles. The lowest BCUT2D eigenvalue weighted by Gasteiger charge is -2.28. The van der Waals surface area contributed by atoms with E-state index in [1.807, 2.05) is 73.6 Å². The van der Waals surface area contributed by atoms with Gasteiger partial charge in [-0.1, -0.05) is 30.3 Å². The molecule has 0 aromatic heterocycles. The Kier molecular flexibility index (Phi) is 6.39. The van der Waals surface area contributed by atoms with E-state index >= 15 is 0 Å². The van der Waals surface area contributed by atoms with Crippen molar-refractivity contribution in [2.24, 2.45) is 0 Å². The lowest BCUT2D eigenvalue weighted by molar-refractivity contribution is -0.140. The number of allylic oxidation sites excluding steroid dienone is 1. The summed E-state index contributed by atoms with van der Waals surface area (Å²) in [6.07, 6.45) is 0. The quantitative estimate of drug-likeness (QED) is 0.557. The molecule has 29 heavy (non-hydrogen) atoms. The number of para-hydroxylation sites is 1. The molecule has 2 aromatic rings. The topological polar surface area (TPSA) is 79.9 Å². The average molecular weight is 395 g/mol. The highest BCUT2D eigenvalue weighted by Crippen LogP contribution is 2.28. The fourth-order valence-corrected chi connectivity index (χ4v) is 3.07. The number of rotatable bonds is 7. The van der Waals surface area contributed by atoms with E-state index in [4.69, 9.17) is 9.47 Å². The molecule has 2 N–H and O–H groups in total. The van der Waals surface area contributed by atoms with E-state index in [1.54, 1.807) is 6.92 Å². The molecule has 2 amide bonds. The van der Waals surface area contributed by atoms with Gasteiger partial charge in [-0.05, 0) is 36.8 Å². The number of urea groups is 1. The van der Waals surface area contributed by atoms with Gasteiger partial charge in [0.1, 0.15) is 19.0 Å². The van der Waals surface area contributed by atoms with Gasteiger partial charge in [-0.3, -0.25) is 0 Å². The van der Waals surface area contributed by atoms with E-state index in [0.29, 0.717) is 17.0 Å². The van der Waals surface area contributed by atoms with E-state index < -0.39 is 12.0 Å². The molecule has 3 rings (SSSR count). The molecule has 1 aliphatic heterocycles. The van der Waals surface area contributed by atoms with Gasteiger partial charge in [0.05, 0.1) is 11.6 Å². The van der Waals surface area contributed by atoms with Crippen LogP contribution in [0.5, 0.6) is 5.75 Å². The maximum atomic E-state index is 12.8. The Labute approximate surface area is 170 Å². The van der Waals surface area contributed by atoms with E-state index in [1.165, 1.54) is 0 Å². The Hall–Kier alpha value is -3.48. The first-order valence-electron chi connectivity index (χ1n) is 9.36. The molecule has 7 nitrogen and oxygen atoms in total. The summed E-state index contributed by atoms with van der Waals surface area (Å²) in [5.74, 6) is 0.220. The summed E-state index contributed by atoms with van der Waals surface area (Å²) in [5.41, 5.74) is 2.68. The van der Waals surface area contributed by atoms with Crippen LogP contribution in [-0.2, 0) is 9.53 Å². The molecule has 0 fully saturated rings. The van der Waals surface area contributed by atoms with Crippen molar-refractivity contribution in [3.63, 3.8) is 0 Å². The van der Waals surface area contributed by atoms with Gasteiger partial charge in [0.15, 0.2) is 0 Å². The second kappa shape index (κ2) is 9.14. The lowest BCUT2D eigenvalue weighted by Crippen LogP contribution is -2.45. The SMILES string of the molecule is CC1=C(C(=O)OCCOc2ccccc2)[C@@H](c2ccc(N(C)C)cc2)NC(=O)N1. The van der Waals surface area contributed by atoms with Crippen molar-refractivity contribution in [1.29, 1.82) is 0 Å². The van der Waals surface area contributed by atoms with Crippen molar-refractivity contribution < 1.29 is 19.1 Å². The predicted molar refractivity (Wildman–Crippen MR) is 111 cm³/mol. The highest BCUT2D eigenvalue weighted by molar-refractivity contribution is 5.95. The van der Waals surface area contributed by atoms with Gasteiger partial charge in [-0.15, -0.1) is 0 Å². The molecule has 0 aliphatic carbocycles. The molecule has 0 bridgehead atoms. The number of carbonyl (C=O) groups is 2. The van der Waals surface area contributed by atoms with Crippen LogP contribution in [0.25, 0.3) is 0 Å². The number of amides is 2. The lowest BCUT2D eigenvalue weighted by atomic mass is 9.95. The third-order valence-corrected chi connectivity index (χ3v) is 4.56. The zero-order valence-electron chi connectivity index (χ0n) is 16.8. The number of hydrogen-bond donors (Lipinski definition) is 2. The van der Waals surface area contributed by atoms with Gasteiger partial charge in [0.25, 0.3) is 0 Å². The van der Waals surface area contributed by atoms with Gasteiger partial charge >= 0.3 is 12.0 Å². The molecular weight excluding hydrogens is 370 g/mol. The second-order valence-electron chi connectivity index (χ2n) is 6.85. The molecule has 152 valence electrons. The third kappa shape index (κ3) is 5.07. The molecule has 0 spiro atoms. The van der Waals surface area contributed by atoms with Crippen LogP contribution >= 0.6 is 0 Å². The summed E-state index contributed by atoms with van der Waals surface area (Å²) >= 11 is 0. The van der Waals surface area contributed by atoms with Crippen LogP contribution in [0.4, 0.5) is 10.5 Å². The minimum absolute atomic E-state index is 0.102. The fourth-order valence-electron chi connectivity index (χ4n) is 3.07. The smallest absolute Gasteiger partial charge is 0.338 e. The van der Waals surface area contributed by atoms with Gasteiger partial charge in [-0.25, -0.2) is 9.59 Å². The number of carbonyl (C=O) groups excluding carboxylic acids is 2. The van der Waals surface area contributed by atoms with Gasteiger partial charge in [-0.2, -0.15) is 0 Å². The Morgan fingerprint density at radius 1 is 1.03 bits per heavy atom. The highest BCUT2D eigenvalue weighted by atomic mass is 16.6. The van der Waals surface area contributed by atoms with Crippen LogP contribution in [0.2, 0.25) is 0 Å². The molecule has 0 unspecified atom stereocenters. The Morgan fingerprint density at radius 3 is 2.38 bits per heavy atom. The van der Waals surface area contributed by atoms with E-state index in [2.05, 4.69) is 10.6 Å². The maximum absolute atomic E-state index is 12.8. The molecule has 7 heteroatoms. The molecule has 0 saturated heterocycles. The number of nitrogens with zero attached hydrogens (tertiary/aromatic N) is 1. The monoisotopic (exact) mass is 395 g/mol. The molecule has 2 aromatic carbocycles. The Bertz CT molecular complexity index is 892. The van der Waals surface area contributed by atoms with Gasteiger partial charge < -0.3 is 25.0 Å². The zero-order chi connectivity index (χ0) is 20.8. The van der Waals surface area contributed by atoms with Crippen molar-refractivity contribution in [3.8, 4) is 5.75 Å². The van der Waals surface area contributed by atoms with Crippen LogP contribution in [0.3, 0.4) is 0 Å². The third-order valence-electron chi connectivity index (χ3n) is 4.56. The predicted octanol–water partition coefficient (Wildman–Crippen LogP) is 3.00. The van der Waals surface area contributed by atoms with Crippen molar-refractivity contribution in [3.05, 3.63) is 71.4 Å². The second-order valence-corrected chi connectivity index (χ2v) is 6.85. The summed E-state index contributed by atoms with van der Waals surface area (Å²) in [6, 6.07) is 16.1. The fraction of sp³-hybridized carbons (Fsp3) is 0.273. The van der Waals surface area contributed by atoms with Gasteiger partial charge in [0, 0.05) is 25.5 Å². The van der Waals surface area contributed by atoms with E-state index in [0.717, 1.165) is 11.3 Å². The first-order chi connectivity index (χ1) is 14.0. The van der Waals surface area contributed by atoms with Crippen molar-refractivity contribution in [1.82, 2.24) is 10.6 Å².